The van der Waals surface area contributed by atoms with Crippen molar-refractivity contribution in [3.8, 4) is 0 Å². The molecule has 0 spiro atoms. The first kappa shape index (κ1) is 12.5. The lowest BCUT2D eigenvalue weighted by molar-refractivity contribution is 0.375. The highest BCUT2D eigenvalue weighted by Gasteiger charge is 2.14. The van der Waals surface area contributed by atoms with Crippen LogP contribution in [0.5, 0.6) is 0 Å². The van der Waals surface area contributed by atoms with Crippen molar-refractivity contribution in [3.63, 3.8) is 0 Å². The molecule has 3 heteroatoms. The molecule has 2 rings (SSSR count). The van der Waals surface area contributed by atoms with Crippen molar-refractivity contribution in [1.29, 1.82) is 0 Å². The topological polar surface area (TPSA) is 12.0 Å². The van der Waals surface area contributed by atoms with Crippen LogP contribution in [0.2, 0.25) is 0 Å². The summed E-state index contributed by atoms with van der Waals surface area (Å²) in [5.41, 5.74) is 0. The molecule has 1 aromatic heterocycles. The maximum Gasteiger partial charge on any atom is 0.0601 e. The van der Waals surface area contributed by atoms with E-state index in [1.165, 1.54) is 36.3 Å². The van der Waals surface area contributed by atoms with Gasteiger partial charge in [0.1, 0.15) is 0 Å². The van der Waals surface area contributed by atoms with Crippen LogP contribution in [0.3, 0.4) is 0 Å². The molecule has 1 nitrogen and oxygen atoms in total. The summed E-state index contributed by atoms with van der Waals surface area (Å²) in [7, 11) is 0. The van der Waals surface area contributed by atoms with Gasteiger partial charge in [-0.3, -0.25) is 0 Å². The average Bonchev–Trinajstić information content (AvgIpc) is 2.81. The van der Waals surface area contributed by atoms with Crippen molar-refractivity contribution in [2.75, 3.05) is 6.54 Å². The Morgan fingerprint density at radius 3 is 2.94 bits per heavy atom. The molecule has 90 valence electrons. The van der Waals surface area contributed by atoms with Crippen LogP contribution in [-0.2, 0) is 0 Å². The fourth-order valence-electron chi connectivity index (χ4n) is 2.21. The van der Waals surface area contributed by atoms with E-state index in [1.54, 1.807) is 0 Å². The fourth-order valence-corrected chi connectivity index (χ4v) is 4.27. The normalized spacial score (nSPS) is 19.8. The summed E-state index contributed by atoms with van der Waals surface area (Å²) in [5.74, 6) is 0. The molecule has 1 saturated carbocycles. The zero-order valence-corrected chi connectivity index (χ0v) is 11.6. The van der Waals surface area contributed by atoms with Gasteiger partial charge in [0.05, 0.1) is 4.21 Å². The van der Waals surface area contributed by atoms with Gasteiger partial charge in [0.15, 0.2) is 0 Å². The largest absolute Gasteiger partial charge is 0.313 e. The first-order valence-corrected chi connectivity index (χ1v) is 8.04. The Bertz CT molecular complexity index is 278. The first-order chi connectivity index (χ1) is 7.84. The van der Waals surface area contributed by atoms with E-state index in [2.05, 4.69) is 29.8 Å². The van der Waals surface area contributed by atoms with Crippen LogP contribution in [0.25, 0.3) is 0 Å². The number of rotatable bonds is 5. The highest BCUT2D eigenvalue weighted by Crippen LogP contribution is 2.27. The van der Waals surface area contributed by atoms with Crippen LogP contribution in [0, 0.1) is 0 Å². The van der Waals surface area contributed by atoms with Gasteiger partial charge in [-0.2, -0.15) is 0 Å². The summed E-state index contributed by atoms with van der Waals surface area (Å²) in [6, 6.07) is 5.14. The van der Waals surface area contributed by atoms with Crippen LogP contribution in [0.1, 0.15) is 39.0 Å². The summed E-state index contributed by atoms with van der Waals surface area (Å²) < 4.78 is 1.44. The minimum Gasteiger partial charge on any atom is -0.313 e. The molecule has 0 radical (unpaired) electrons. The Balaban J connectivity index is 1.65. The second-order valence-corrected chi connectivity index (χ2v) is 7.29. The van der Waals surface area contributed by atoms with Gasteiger partial charge < -0.3 is 5.32 Å². The molecular formula is C13H21NS2. The summed E-state index contributed by atoms with van der Waals surface area (Å²) in [4.78, 5) is 0. The van der Waals surface area contributed by atoms with E-state index in [-0.39, 0.29) is 0 Å². The lowest BCUT2D eigenvalue weighted by Gasteiger charge is -2.24. The molecule has 1 aromatic rings. The van der Waals surface area contributed by atoms with Gasteiger partial charge in [0.25, 0.3) is 0 Å². The summed E-state index contributed by atoms with van der Waals surface area (Å²) in [5, 5.41) is 6.56. The Morgan fingerprint density at radius 2 is 2.25 bits per heavy atom. The van der Waals surface area contributed by atoms with Crippen molar-refractivity contribution in [2.24, 2.45) is 0 Å². The molecule has 1 atom stereocenters. The zero-order chi connectivity index (χ0) is 11.2. The minimum absolute atomic E-state index is 0.681. The van der Waals surface area contributed by atoms with Crippen LogP contribution < -0.4 is 5.32 Å². The smallest absolute Gasteiger partial charge is 0.0601 e. The lowest BCUT2D eigenvalue weighted by atomic mass is 9.95. The van der Waals surface area contributed by atoms with Gasteiger partial charge >= 0.3 is 0 Å². The van der Waals surface area contributed by atoms with Crippen LogP contribution >= 0.6 is 23.1 Å². The molecule has 1 unspecified atom stereocenters. The van der Waals surface area contributed by atoms with E-state index < -0.39 is 0 Å². The second kappa shape index (κ2) is 6.67. The predicted molar refractivity (Wildman–Crippen MR) is 74.5 cm³/mol. The van der Waals surface area contributed by atoms with Crippen LogP contribution in [0.15, 0.2) is 21.7 Å². The van der Waals surface area contributed by atoms with Crippen molar-refractivity contribution in [2.45, 2.75) is 54.5 Å². The Morgan fingerprint density at radius 1 is 1.44 bits per heavy atom. The summed E-state index contributed by atoms with van der Waals surface area (Å²) in [6.45, 7) is 3.47. The van der Waals surface area contributed by atoms with Gasteiger partial charge in [0, 0.05) is 17.8 Å². The second-order valence-electron chi connectivity index (χ2n) is 4.60. The third-order valence-corrected chi connectivity index (χ3v) is 5.29. The number of thiophene rings is 1. The SMILES string of the molecule is CC(CNC1CCCCC1)Sc1cccs1. The van der Waals surface area contributed by atoms with Crippen LogP contribution in [-0.4, -0.2) is 17.8 Å². The highest BCUT2D eigenvalue weighted by atomic mass is 32.2. The predicted octanol–water partition coefficient (Wildman–Crippen LogP) is 4.15. The van der Waals surface area contributed by atoms with Gasteiger partial charge in [-0.15, -0.1) is 23.1 Å². The number of hydrogen-bond donors (Lipinski definition) is 1. The molecule has 0 bridgehead atoms. The van der Waals surface area contributed by atoms with Gasteiger partial charge in [-0.25, -0.2) is 0 Å². The van der Waals surface area contributed by atoms with E-state index in [1.807, 2.05) is 23.1 Å². The summed E-state index contributed by atoms with van der Waals surface area (Å²) in [6.07, 6.45) is 7.05. The van der Waals surface area contributed by atoms with Gasteiger partial charge in [0.2, 0.25) is 0 Å². The molecule has 1 fully saturated rings. The molecule has 1 N–H and O–H groups in total. The molecular weight excluding hydrogens is 234 g/mol. The Labute approximate surface area is 107 Å². The maximum atomic E-state index is 3.72. The molecule has 0 aliphatic heterocycles. The highest BCUT2D eigenvalue weighted by molar-refractivity contribution is 8.01. The molecule has 0 aromatic carbocycles. The van der Waals surface area contributed by atoms with E-state index in [9.17, 15) is 0 Å². The maximum absolute atomic E-state index is 3.72. The minimum atomic E-state index is 0.681. The van der Waals surface area contributed by atoms with E-state index >= 15 is 0 Å². The Hall–Kier alpha value is 0.01000. The van der Waals surface area contributed by atoms with E-state index in [0.717, 1.165) is 12.6 Å². The van der Waals surface area contributed by atoms with Crippen molar-refractivity contribution in [3.05, 3.63) is 17.5 Å². The molecule has 16 heavy (non-hydrogen) atoms. The van der Waals surface area contributed by atoms with Crippen LogP contribution in [0.4, 0.5) is 0 Å². The molecule has 0 amide bonds. The third kappa shape index (κ3) is 4.11. The average molecular weight is 255 g/mol. The van der Waals surface area contributed by atoms with Crippen molar-refractivity contribution in [1.82, 2.24) is 5.32 Å². The Kier molecular flexibility index (Phi) is 5.20. The number of hydrogen-bond acceptors (Lipinski definition) is 3. The van der Waals surface area contributed by atoms with Gasteiger partial charge in [-0.05, 0) is 24.3 Å². The van der Waals surface area contributed by atoms with E-state index in [0.29, 0.717) is 5.25 Å². The van der Waals surface area contributed by atoms with Gasteiger partial charge in [-0.1, -0.05) is 32.3 Å². The number of thioether (sulfide) groups is 1. The molecule has 1 aliphatic rings. The monoisotopic (exact) mass is 255 g/mol. The first-order valence-electron chi connectivity index (χ1n) is 6.28. The quantitative estimate of drug-likeness (QED) is 0.793. The van der Waals surface area contributed by atoms with E-state index in [4.69, 9.17) is 0 Å². The lowest BCUT2D eigenvalue weighted by Crippen LogP contribution is -2.35. The third-order valence-electron chi connectivity index (χ3n) is 3.11. The molecule has 1 aliphatic carbocycles. The molecule has 1 heterocycles. The van der Waals surface area contributed by atoms with Crippen molar-refractivity contribution >= 4 is 23.1 Å². The number of nitrogens with one attached hydrogen (secondary N) is 1. The molecule has 0 saturated heterocycles. The van der Waals surface area contributed by atoms with Crippen molar-refractivity contribution < 1.29 is 0 Å². The zero-order valence-electron chi connectivity index (χ0n) is 9.95. The fraction of sp³-hybridized carbons (Fsp3) is 0.692. The standard InChI is InChI=1S/C13H21NS2/c1-11(16-13-8-5-9-15-13)10-14-12-6-3-2-4-7-12/h5,8-9,11-12,14H,2-4,6-7,10H2,1H3. The summed E-state index contributed by atoms with van der Waals surface area (Å²) >= 11 is 3.84.